The molecule has 3 nitrogen and oxygen atoms in total. The lowest BCUT2D eigenvalue weighted by Gasteiger charge is -2.13. The van der Waals surface area contributed by atoms with E-state index in [9.17, 15) is 0 Å². The second-order valence-electron chi connectivity index (χ2n) is 3.18. The average molecular weight is 377 g/mol. The van der Waals surface area contributed by atoms with Gasteiger partial charge in [-0.2, -0.15) is 0 Å². The van der Waals surface area contributed by atoms with Gasteiger partial charge in [0.15, 0.2) is 0 Å². The van der Waals surface area contributed by atoms with Crippen molar-refractivity contribution in [3.8, 4) is 11.5 Å². The lowest BCUT2D eigenvalue weighted by Crippen LogP contribution is -1.87. The predicted molar refractivity (Wildman–Crippen MR) is 75.1 cm³/mol. The van der Waals surface area contributed by atoms with Crippen LogP contribution in [-0.4, -0.2) is 4.98 Å². The molecule has 1 aromatic carbocycles. The number of ether oxygens (including phenoxy) is 1. The van der Waals surface area contributed by atoms with Gasteiger partial charge >= 0.3 is 0 Å². The summed E-state index contributed by atoms with van der Waals surface area (Å²) in [6.45, 7) is 0. The Kier molecular flexibility index (Phi) is 3.91. The van der Waals surface area contributed by atoms with E-state index in [1.54, 1.807) is 24.4 Å². The molecule has 0 atom stereocenters. The van der Waals surface area contributed by atoms with Gasteiger partial charge in [0, 0.05) is 16.7 Å². The lowest BCUT2D eigenvalue weighted by molar-refractivity contribution is 0.477. The van der Waals surface area contributed by atoms with Crippen LogP contribution in [-0.2, 0) is 0 Å². The van der Waals surface area contributed by atoms with E-state index in [1.807, 2.05) is 0 Å². The first-order valence-electron chi connectivity index (χ1n) is 4.56. The zero-order valence-corrected chi connectivity index (χ0v) is 12.3. The summed E-state index contributed by atoms with van der Waals surface area (Å²) in [6.07, 6.45) is 3.10. The van der Waals surface area contributed by atoms with Crippen LogP contribution in [0.15, 0.2) is 39.5 Å². The number of benzene rings is 1. The zero-order valence-electron chi connectivity index (χ0n) is 8.38. The maximum Gasteiger partial charge on any atom is 0.147 e. The predicted octanol–water partition coefficient (Wildman–Crippen LogP) is 5.74. The highest BCUT2D eigenvalue weighted by Crippen LogP contribution is 2.40. The van der Waals surface area contributed by atoms with Gasteiger partial charge in [-0.25, -0.2) is 0 Å². The summed E-state index contributed by atoms with van der Waals surface area (Å²) >= 11 is 12.5. The number of nitrogens with one attached hydrogen (secondary N) is 1. The van der Waals surface area contributed by atoms with E-state index in [-0.39, 0.29) is 0 Å². The summed E-state index contributed by atoms with van der Waals surface area (Å²) in [7, 11) is 0. The van der Waals surface area contributed by atoms with Gasteiger partial charge in [-0.3, -0.25) is 4.98 Å². The fourth-order valence-corrected chi connectivity index (χ4v) is 2.10. The molecular weight excluding hydrogens is 371 g/mol. The second kappa shape index (κ2) is 5.25. The first kappa shape index (κ1) is 12.7. The minimum Gasteiger partial charge on any atom is -0.698 e. The summed E-state index contributed by atoms with van der Waals surface area (Å²) < 4.78 is 6.95. The van der Waals surface area contributed by atoms with Gasteiger partial charge in [0.1, 0.15) is 11.5 Å². The van der Waals surface area contributed by atoms with E-state index in [0.717, 1.165) is 0 Å². The van der Waals surface area contributed by atoms with Crippen molar-refractivity contribution in [3.05, 3.63) is 50.3 Å². The van der Waals surface area contributed by atoms with Crippen LogP contribution in [0.1, 0.15) is 0 Å². The van der Waals surface area contributed by atoms with E-state index >= 15 is 0 Å². The molecule has 0 aliphatic rings. The van der Waals surface area contributed by atoms with E-state index < -0.39 is 0 Å². The van der Waals surface area contributed by atoms with Crippen molar-refractivity contribution in [1.82, 2.24) is 4.98 Å². The van der Waals surface area contributed by atoms with Crippen LogP contribution in [0.3, 0.4) is 0 Å². The SMILES string of the molecule is [NH-]c1ccc(Oc2cncc(Cl)c2)c(Br)c1Br. The van der Waals surface area contributed by atoms with Gasteiger partial charge < -0.3 is 10.5 Å². The third kappa shape index (κ3) is 2.91. The van der Waals surface area contributed by atoms with Crippen LogP contribution in [0.2, 0.25) is 5.02 Å². The first-order valence-corrected chi connectivity index (χ1v) is 6.52. The molecule has 0 unspecified atom stereocenters. The Morgan fingerprint density at radius 1 is 1.18 bits per heavy atom. The van der Waals surface area contributed by atoms with Crippen molar-refractivity contribution in [3.63, 3.8) is 0 Å². The molecule has 88 valence electrons. The van der Waals surface area contributed by atoms with Crippen molar-refractivity contribution >= 4 is 49.1 Å². The Morgan fingerprint density at radius 2 is 1.94 bits per heavy atom. The number of hydrogen-bond donors (Lipinski definition) is 0. The topological polar surface area (TPSA) is 45.9 Å². The molecule has 1 heterocycles. The monoisotopic (exact) mass is 375 g/mol. The van der Waals surface area contributed by atoms with Gasteiger partial charge in [0.25, 0.3) is 0 Å². The highest BCUT2D eigenvalue weighted by atomic mass is 79.9. The molecule has 1 aromatic heterocycles. The van der Waals surface area contributed by atoms with Crippen LogP contribution in [0, 0.1) is 0 Å². The van der Waals surface area contributed by atoms with Gasteiger partial charge in [-0.15, -0.1) is 5.69 Å². The molecule has 0 bridgehead atoms. The molecule has 2 aromatic rings. The largest absolute Gasteiger partial charge is 0.698 e. The fourth-order valence-electron chi connectivity index (χ4n) is 1.19. The van der Waals surface area contributed by atoms with Gasteiger partial charge in [-0.05, 0) is 22.0 Å². The Labute approximate surface area is 120 Å². The van der Waals surface area contributed by atoms with Crippen LogP contribution in [0.4, 0.5) is 5.69 Å². The number of pyridine rings is 1. The molecule has 1 N–H and O–H groups in total. The van der Waals surface area contributed by atoms with Crippen molar-refractivity contribution in [2.24, 2.45) is 0 Å². The average Bonchev–Trinajstić information content (AvgIpc) is 2.30. The third-order valence-corrected chi connectivity index (χ3v) is 4.30. The van der Waals surface area contributed by atoms with Crippen LogP contribution >= 0.6 is 43.5 Å². The minimum absolute atomic E-state index is 0.383. The van der Waals surface area contributed by atoms with Crippen LogP contribution in [0.5, 0.6) is 11.5 Å². The Balaban J connectivity index is 2.34. The van der Waals surface area contributed by atoms with Gasteiger partial charge in [-0.1, -0.05) is 33.6 Å². The normalized spacial score (nSPS) is 10.3. The molecule has 0 aliphatic carbocycles. The highest BCUT2D eigenvalue weighted by Gasteiger charge is 2.07. The van der Waals surface area contributed by atoms with Crippen LogP contribution < -0.4 is 4.74 Å². The number of hydrogen-bond acceptors (Lipinski definition) is 2. The second-order valence-corrected chi connectivity index (χ2v) is 5.20. The summed E-state index contributed by atoms with van der Waals surface area (Å²) in [6, 6.07) is 5.02. The Morgan fingerprint density at radius 3 is 2.65 bits per heavy atom. The summed E-state index contributed by atoms with van der Waals surface area (Å²) in [5, 5.41) is 0.509. The molecular formula is C11H6Br2ClN2O-. The Bertz CT molecular complexity index is 563. The van der Waals surface area contributed by atoms with E-state index in [4.69, 9.17) is 22.1 Å². The van der Waals surface area contributed by atoms with Crippen molar-refractivity contribution in [2.75, 3.05) is 0 Å². The molecule has 0 fully saturated rings. The summed E-state index contributed by atoms with van der Waals surface area (Å²) in [4.78, 5) is 3.93. The molecule has 0 aliphatic heterocycles. The minimum atomic E-state index is 0.383. The quantitative estimate of drug-likeness (QED) is 0.670. The smallest absolute Gasteiger partial charge is 0.147 e. The van der Waals surface area contributed by atoms with E-state index in [1.165, 1.54) is 6.20 Å². The summed E-state index contributed by atoms with van der Waals surface area (Å²) in [5.41, 5.74) is 7.99. The van der Waals surface area contributed by atoms with Gasteiger partial charge in [0.05, 0.1) is 15.7 Å². The standard InChI is InChI=1S/C11H6Br2ClN2O/c12-10-8(15)1-2-9(11(10)13)17-7-3-6(14)4-16-5-7/h1-5,15H/q-1. The molecule has 0 spiro atoms. The Hall–Kier alpha value is -0.780. The van der Waals surface area contributed by atoms with Crippen molar-refractivity contribution < 1.29 is 4.74 Å². The lowest BCUT2D eigenvalue weighted by atomic mass is 10.3. The maximum absolute atomic E-state index is 7.61. The number of aromatic nitrogens is 1. The van der Waals surface area contributed by atoms with Gasteiger partial charge in [0.2, 0.25) is 0 Å². The molecule has 0 radical (unpaired) electrons. The van der Waals surface area contributed by atoms with E-state index in [2.05, 4.69) is 36.8 Å². The zero-order chi connectivity index (χ0) is 12.4. The molecule has 0 saturated carbocycles. The molecule has 0 amide bonds. The van der Waals surface area contributed by atoms with Crippen molar-refractivity contribution in [1.29, 1.82) is 0 Å². The highest BCUT2D eigenvalue weighted by molar-refractivity contribution is 9.13. The third-order valence-electron chi connectivity index (χ3n) is 1.95. The van der Waals surface area contributed by atoms with Crippen molar-refractivity contribution in [2.45, 2.75) is 0 Å². The fraction of sp³-hybridized carbons (Fsp3) is 0. The first-order chi connectivity index (χ1) is 8.08. The summed E-state index contributed by atoms with van der Waals surface area (Å²) in [5.74, 6) is 1.14. The maximum atomic E-state index is 7.61. The number of nitrogens with zero attached hydrogens (tertiary/aromatic N) is 1. The number of rotatable bonds is 2. The number of halogens is 3. The molecule has 2 rings (SSSR count). The molecule has 17 heavy (non-hydrogen) atoms. The molecule has 6 heteroatoms. The van der Waals surface area contributed by atoms with Crippen LogP contribution in [0.25, 0.3) is 5.73 Å². The molecule has 0 saturated heterocycles. The van der Waals surface area contributed by atoms with E-state index in [0.29, 0.717) is 31.2 Å².